The summed E-state index contributed by atoms with van der Waals surface area (Å²) in [5.74, 6) is 0. The molecule has 10 heavy (non-hydrogen) atoms. The first-order valence-corrected chi connectivity index (χ1v) is 3.91. The van der Waals surface area contributed by atoms with Crippen molar-refractivity contribution in [3.8, 4) is 0 Å². The van der Waals surface area contributed by atoms with Crippen molar-refractivity contribution in [3.05, 3.63) is 11.6 Å². The Kier molecular flexibility index (Phi) is 2.90. The molecule has 2 nitrogen and oxygen atoms in total. The van der Waals surface area contributed by atoms with E-state index in [-0.39, 0.29) is 6.10 Å². The standard InChI is InChI=1S/C8H15NO/c9-6-8(10)7-4-2-1-3-5-7/h4,8,10H,1-3,5-6,9H2. The van der Waals surface area contributed by atoms with E-state index in [1.165, 1.54) is 12.8 Å². The Morgan fingerprint density at radius 2 is 2.40 bits per heavy atom. The lowest BCUT2D eigenvalue weighted by atomic mass is 9.96. The van der Waals surface area contributed by atoms with Crippen molar-refractivity contribution in [2.24, 2.45) is 5.73 Å². The molecule has 0 radical (unpaired) electrons. The van der Waals surface area contributed by atoms with Crippen molar-refractivity contribution in [2.75, 3.05) is 6.54 Å². The number of rotatable bonds is 2. The van der Waals surface area contributed by atoms with Gasteiger partial charge in [-0.3, -0.25) is 0 Å². The Bertz CT molecular complexity index is 131. The fourth-order valence-electron chi connectivity index (χ4n) is 1.32. The Morgan fingerprint density at radius 1 is 1.60 bits per heavy atom. The molecule has 0 aromatic rings. The molecule has 0 saturated carbocycles. The van der Waals surface area contributed by atoms with E-state index < -0.39 is 0 Å². The number of aliphatic hydroxyl groups is 1. The molecule has 1 unspecified atom stereocenters. The Morgan fingerprint density at radius 3 is 2.90 bits per heavy atom. The molecule has 1 aliphatic rings. The van der Waals surface area contributed by atoms with Gasteiger partial charge in [-0.05, 0) is 31.3 Å². The van der Waals surface area contributed by atoms with Crippen LogP contribution in [0.25, 0.3) is 0 Å². The van der Waals surface area contributed by atoms with Crippen LogP contribution >= 0.6 is 0 Å². The molecule has 0 bridgehead atoms. The van der Waals surface area contributed by atoms with Crippen LogP contribution in [0, 0.1) is 0 Å². The first-order valence-electron chi connectivity index (χ1n) is 3.91. The predicted molar refractivity (Wildman–Crippen MR) is 41.6 cm³/mol. The first-order chi connectivity index (χ1) is 4.84. The van der Waals surface area contributed by atoms with Crippen molar-refractivity contribution < 1.29 is 5.11 Å². The summed E-state index contributed by atoms with van der Waals surface area (Å²) in [6, 6.07) is 0. The molecule has 0 aromatic carbocycles. The highest BCUT2D eigenvalue weighted by atomic mass is 16.3. The topological polar surface area (TPSA) is 46.2 Å². The third-order valence-electron chi connectivity index (χ3n) is 1.98. The molecule has 0 aliphatic heterocycles. The van der Waals surface area contributed by atoms with Crippen LogP contribution in [-0.2, 0) is 0 Å². The molecule has 58 valence electrons. The zero-order valence-electron chi connectivity index (χ0n) is 6.21. The summed E-state index contributed by atoms with van der Waals surface area (Å²) in [5, 5.41) is 9.29. The maximum Gasteiger partial charge on any atom is 0.0872 e. The minimum Gasteiger partial charge on any atom is -0.387 e. The van der Waals surface area contributed by atoms with E-state index in [1.54, 1.807) is 0 Å². The highest BCUT2D eigenvalue weighted by Gasteiger charge is 2.10. The summed E-state index contributed by atoms with van der Waals surface area (Å²) in [6.45, 7) is 0.367. The van der Waals surface area contributed by atoms with Crippen molar-refractivity contribution in [3.63, 3.8) is 0 Å². The summed E-state index contributed by atoms with van der Waals surface area (Å²) < 4.78 is 0. The minimum absolute atomic E-state index is 0.367. The predicted octanol–water partition coefficient (Wildman–Crippen LogP) is 0.806. The third-order valence-corrected chi connectivity index (χ3v) is 1.98. The summed E-state index contributed by atoms with van der Waals surface area (Å²) in [4.78, 5) is 0. The molecular weight excluding hydrogens is 126 g/mol. The lowest BCUT2D eigenvalue weighted by Gasteiger charge is -2.16. The van der Waals surface area contributed by atoms with Gasteiger partial charge in [-0.2, -0.15) is 0 Å². The van der Waals surface area contributed by atoms with Gasteiger partial charge >= 0.3 is 0 Å². The second-order valence-electron chi connectivity index (χ2n) is 2.78. The average molecular weight is 141 g/mol. The molecular formula is C8H15NO. The van der Waals surface area contributed by atoms with Crippen molar-refractivity contribution in [1.29, 1.82) is 0 Å². The molecule has 1 aliphatic carbocycles. The van der Waals surface area contributed by atoms with Crippen LogP contribution in [0.5, 0.6) is 0 Å². The monoisotopic (exact) mass is 141 g/mol. The normalized spacial score (nSPS) is 22.0. The number of hydrogen-bond donors (Lipinski definition) is 2. The maximum absolute atomic E-state index is 9.29. The summed E-state index contributed by atoms with van der Waals surface area (Å²) in [5.41, 5.74) is 6.46. The summed E-state index contributed by atoms with van der Waals surface area (Å²) >= 11 is 0. The van der Waals surface area contributed by atoms with Crippen LogP contribution in [0.15, 0.2) is 11.6 Å². The largest absolute Gasteiger partial charge is 0.387 e. The van der Waals surface area contributed by atoms with E-state index in [0.29, 0.717) is 6.54 Å². The summed E-state index contributed by atoms with van der Waals surface area (Å²) in [7, 11) is 0. The SMILES string of the molecule is NCC(O)C1=CCCCC1. The van der Waals surface area contributed by atoms with Crippen LogP contribution in [-0.4, -0.2) is 17.8 Å². The van der Waals surface area contributed by atoms with Gasteiger partial charge in [-0.15, -0.1) is 0 Å². The third kappa shape index (κ3) is 1.82. The molecule has 3 N–H and O–H groups in total. The van der Waals surface area contributed by atoms with E-state index >= 15 is 0 Å². The van der Waals surface area contributed by atoms with Gasteiger partial charge < -0.3 is 10.8 Å². The van der Waals surface area contributed by atoms with Crippen molar-refractivity contribution in [2.45, 2.75) is 31.8 Å². The second-order valence-corrected chi connectivity index (χ2v) is 2.78. The summed E-state index contributed by atoms with van der Waals surface area (Å²) in [6.07, 6.45) is 6.38. The highest BCUT2D eigenvalue weighted by Crippen LogP contribution is 2.19. The van der Waals surface area contributed by atoms with E-state index in [2.05, 4.69) is 6.08 Å². The van der Waals surface area contributed by atoms with E-state index in [1.807, 2.05) is 0 Å². The molecule has 0 spiro atoms. The number of nitrogens with two attached hydrogens (primary N) is 1. The quantitative estimate of drug-likeness (QED) is 0.559. The van der Waals surface area contributed by atoms with Gasteiger partial charge in [0.15, 0.2) is 0 Å². The van der Waals surface area contributed by atoms with Crippen LogP contribution in [0.1, 0.15) is 25.7 Å². The Hall–Kier alpha value is -0.340. The van der Waals surface area contributed by atoms with Crippen LogP contribution < -0.4 is 5.73 Å². The van der Waals surface area contributed by atoms with Gasteiger partial charge in [-0.1, -0.05) is 6.08 Å². The molecule has 1 atom stereocenters. The van der Waals surface area contributed by atoms with Crippen molar-refractivity contribution >= 4 is 0 Å². The van der Waals surface area contributed by atoms with Crippen LogP contribution in [0.4, 0.5) is 0 Å². The van der Waals surface area contributed by atoms with E-state index in [0.717, 1.165) is 18.4 Å². The van der Waals surface area contributed by atoms with Crippen LogP contribution in [0.2, 0.25) is 0 Å². The number of allylic oxidation sites excluding steroid dienone is 1. The van der Waals surface area contributed by atoms with Gasteiger partial charge in [0, 0.05) is 6.54 Å². The molecule has 0 fully saturated rings. The first kappa shape index (κ1) is 7.76. The van der Waals surface area contributed by atoms with E-state index in [9.17, 15) is 5.11 Å². The Labute approximate surface area is 61.7 Å². The fraction of sp³-hybridized carbons (Fsp3) is 0.750. The molecule has 0 saturated heterocycles. The molecule has 0 amide bonds. The van der Waals surface area contributed by atoms with Gasteiger partial charge in [0.2, 0.25) is 0 Å². The zero-order valence-corrected chi connectivity index (χ0v) is 6.21. The van der Waals surface area contributed by atoms with Crippen LogP contribution in [0.3, 0.4) is 0 Å². The fourth-order valence-corrected chi connectivity index (χ4v) is 1.32. The lowest BCUT2D eigenvalue weighted by Crippen LogP contribution is -2.22. The highest BCUT2D eigenvalue weighted by molar-refractivity contribution is 5.10. The average Bonchev–Trinajstić information content (AvgIpc) is 2.05. The molecule has 1 rings (SSSR count). The van der Waals surface area contributed by atoms with Crippen molar-refractivity contribution in [1.82, 2.24) is 0 Å². The Balaban J connectivity index is 2.44. The lowest BCUT2D eigenvalue weighted by molar-refractivity contribution is 0.212. The minimum atomic E-state index is -0.375. The van der Waals surface area contributed by atoms with Gasteiger partial charge in [0.25, 0.3) is 0 Å². The molecule has 0 heterocycles. The van der Waals surface area contributed by atoms with Gasteiger partial charge in [-0.25, -0.2) is 0 Å². The maximum atomic E-state index is 9.29. The smallest absolute Gasteiger partial charge is 0.0872 e. The second kappa shape index (κ2) is 3.74. The van der Waals surface area contributed by atoms with Gasteiger partial charge in [0.05, 0.1) is 6.10 Å². The van der Waals surface area contributed by atoms with E-state index in [4.69, 9.17) is 5.73 Å². The number of aliphatic hydroxyl groups excluding tert-OH is 1. The number of hydrogen-bond acceptors (Lipinski definition) is 2. The molecule has 0 aromatic heterocycles. The zero-order chi connectivity index (χ0) is 7.40. The molecule has 2 heteroatoms. The van der Waals surface area contributed by atoms with Gasteiger partial charge in [0.1, 0.15) is 0 Å².